The number of carbonyl (C=O) groups is 1. The van der Waals surface area contributed by atoms with Crippen LogP contribution in [-0.2, 0) is 30.9 Å². The van der Waals surface area contributed by atoms with Crippen molar-refractivity contribution in [1.82, 2.24) is 9.78 Å². The lowest BCUT2D eigenvalue weighted by Crippen LogP contribution is -2.47. The first-order valence-corrected chi connectivity index (χ1v) is 7.18. The fraction of sp³-hybridized carbons (Fsp3) is 0.333. The number of anilines is 1. The highest BCUT2D eigenvalue weighted by Crippen LogP contribution is 2.35. The van der Waals surface area contributed by atoms with Crippen LogP contribution in [0.5, 0.6) is 0 Å². The van der Waals surface area contributed by atoms with Gasteiger partial charge in [-0.2, -0.15) is 23.3 Å². The lowest BCUT2D eigenvalue weighted by atomic mass is 9.96. The number of halogens is 3. The van der Waals surface area contributed by atoms with Crippen molar-refractivity contribution in [3.05, 3.63) is 46.6 Å². The number of hydrogen-bond acceptors (Lipinski definition) is 4. The summed E-state index contributed by atoms with van der Waals surface area (Å²) < 4.78 is 40.8. The standard InChI is InChI=1S/C15H15F3N4O2/c1-21-12(6-8-4-2-3-5-10(8)15(16,17)18)9-7-11(19)14(23)22(24)13(9)20-21/h2-5,11,24H,6-7,19H2,1H3/t11-/m0/s1. The van der Waals surface area contributed by atoms with Crippen LogP contribution in [-0.4, -0.2) is 26.9 Å². The highest BCUT2D eigenvalue weighted by molar-refractivity contribution is 5.97. The lowest BCUT2D eigenvalue weighted by Gasteiger charge is -2.24. The van der Waals surface area contributed by atoms with E-state index in [1.807, 2.05) is 0 Å². The molecule has 0 fully saturated rings. The SMILES string of the molecule is Cn1nc2c(c1Cc1ccccc1C(F)(F)F)C[C@H](N)C(=O)N2O. The van der Waals surface area contributed by atoms with Crippen molar-refractivity contribution in [1.29, 1.82) is 0 Å². The Morgan fingerprint density at radius 2 is 2.04 bits per heavy atom. The van der Waals surface area contributed by atoms with Crippen LogP contribution in [0, 0.1) is 0 Å². The Balaban J connectivity index is 2.05. The van der Waals surface area contributed by atoms with Crippen LogP contribution in [0.25, 0.3) is 0 Å². The number of hydrogen-bond donors (Lipinski definition) is 2. The molecule has 1 atom stereocenters. The summed E-state index contributed by atoms with van der Waals surface area (Å²) >= 11 is 0. The minimum Gasteiger partial charge on any atom is -0.320 e. The number of amides is 1. The monoisotopic (exact) mass is 340 g/mol. The van der Waals surface area contributed by atoms with Crippen molar-refractivity contribution in [2.45, 2.75) is 25.1 Å². The van der Waals surface area contributed by atoms with Gasteiger partial charge in [0.2, 0.25) is 0 Å². The molecular weight excluding hydrogens is 325 g/mol. The fourth-order valence-corrected chi connectivity index (χ4v) is 2.89. The molecule has 6 nitrogen and oxygen atoms in total. The third-order valence-corrected chi connectivity index (χ3v) is 4.08. The average molecular weight is 340 g/mol. The molecule has 3 N–H and O–H groups in total. The quantitative estimate of drug-likeness (QED) is 0.814. The fourth-order valence-electron chi connectivity index (χ4n) is 2.89. The molecule has 1 amide bonds. The van der Waals surface area contributed by atoms with Gasteiger partial charge in [-0.1, -0.05) is 18.2 Å². The van der Waals surface area contributed by atoms with E-state index in [2.05, 4.69) is 5.10 Å². The Hall–Kier alpha value is -2.39. The van der Waals surface area contributed by atoms with E-state index < -0.39 is 23.7 Å². The molecule has 0 saturated heterocycles. The van der Waals surface area contributed by atoms with Crippen LogP contribution in [0.2, 0.25) is 0 Å². The summed E-state index contributed by atoms with van der Waals surface area (Å²) in [5.74, 6) is -0.675. The molecule has 9 heteroatoms. The van der Waals surface area contributed by atoms with E-state index in [1.54, 1.807) is 7.05 Å². The molecule has 1 aromatic carbocycles. The van der Waals surface area contributed by atoms with Gasteiger partial charge in [0.05, 0.1) is 11.6 Å². The van der Waals surface area contributed by atoms with Gasteiger partial charge in [-0.25, -0.2) is 0 Å². The largest absolute Gasteiger partial charge is 0.416 e. The number of nitrogens with two attached hydrogens (primary N) is 1. The van der Waals surface area contributed by atoms with Crippen LogP contribution in [0.15, 0.2) is 24.3 Å². The Morgan fingerprint density at radius 3 is 2.71 bits per heavy atom. The maximum atomic E-state index is 13.2. The van der Waals surface area contributed by atoms with Gasteiger partial charge in [0.1, 0.15) is 0 Å². The van der Waals surface area contributed by atoms with Gasteiger partial charge in [-0.05, 0) is 11.6 Å². The number of alkyl halides is 3. The molecule has 0 saturated carbocycles. The van der Waals surface area contributed by atoms with Gasteiger partial charge in [0.15, 0.2) is 5.82 Å². The van der Waals surface area contributed by atoms with Gasteiger partial charge < -0.3 is 5.73 Å². The Morgan fingerprint density at radius 1 is 1.38 bits per heavy atom. The zero-order valence-electron chi connectivity index (χ0n) is 12.7. The van der Waals surface area contributed by atoms with E-state index in [0.717, 1.165) is 6.07 Å². The molecule has 1 aliphatic rings. The maximum Gasteiger partial charge on any atom is 0.416 e. The number of aryl methyl sites for hydroxylation is 1. The number of rotatable bonds is 2. The first-order valence-electron chi connectivity index (χ1n) is 7.18. The minimum absolute atomic E-state index is 0.0173. The third kappa shape index (κ3) is 2.65. The van der Waals surface area contributed by atoms with Crippen molar-refractivity contribution in [2.75, 3.05) is 5.06 Å². The molecular formula is C15H15F3N4O2. The predicted molar refractivity (Wildman–Crippen MR) is 78.4 cm³/mol. The summed E-state index contributed by atoms with van der Waals surface area (Å²) in [6, 6.07) is 4.32. The van der Waals surface area contributed by atoms with Gasteiger partial charge >= 0.3 is 6.18 Å². The second kappa shape index (κ2) is 5.60. The van der Waals surface area contributed by atoms with Gasteiger partial charge in [0.25, 0.3) is 5.91 Å². The number of fused-ring (bicyclic) bond motifs is 1. The third-order valence-electron chi connectivity index (χ3n) is 4.08. The van der Waals surface area contributed by atoms with Crippen LogP contribution < -0.4 is 10.8 Å². The first-order chi connectivity index (χ1) is 11.2. The van der Waals surface area contributed by atoms with E-state index in [1.165, 1.54) is 22.9 Å². The number of hydroxylamine groups is 1. The summed E-state index contributed by atoms with van der Waals surface area (Å²) in [4.78, 5) is 11.7. The molecule has 0 unspecified atom stereocenters. The Bertz CT molecular complexity index is 801. The van der Waals surface area contributed by atoms with Gasteiger partial charge in [0, 0.05) is 31.1 Å². The topological polar surface area (TPSA) is 84.4 Å². The molecule has 0 spiro atoms. The van der Waals surface area contributed by atoms with Gasteiger partial charge in [-0.15, -0.1) is 0 Å². The average Bonchev–Trinajstić information content (AvgIpc) is 2.81. The molecule has 1 aromatic heterocycles. The van der Waals surface area contributed by atoms with Crippen molar-refractivity contribution < 1.29 is 23.2 Å². The number of carbonyl (C=O) groups excluding carboxylic acids is 1. The molecule has 2 heterocycles. The van der Waals surface area contributed by atoms with Crippen molar-refractivity contribution in [2.24, 2.45) is 12.8 Å². The number of aromatic nitrogens is 2. The van der Waals surface area contributed by atoms with Crippen LogP contribution in [0.3, 0.4) is 0 Å². The highest BCUT2D eigenvalue weighted by Gasteiger charge is 2.36. The van der Waals surface area contributed by atoms with Crippen molar-refractivity contribution in [3.63, 3.8) is 0 Å². The van der Waals surface area contributed by atoms with E-state index in [4.69, 9.17) is 5.73 Å². The van der Waals surface area contributed by atoms with Crippen molar-refractivity contribution >= 4 is 11.7 Å². The maximum absolute atomic E-state index is 13.2. The summed E-state index contributed by atoms with van der Waals surface area (Å²) in [6.07, 6.45) is -4.39. The van der Waals surface area contributed by atoms with E-state index >= 15 is 0 Å². The van der Waals surface area contributed by atoms with Crippen LogP contribution in [0.4, 0.5) is 19.0 Å². The predicted octanol–water partition coefficient (Wildman–Crippen LogP) is 1.64. The normalized spacial score (nSPS) is 18.0. The Labute approximate surface area is 135 Å². The van der Waals surface area contributed by atoms with E-state index in [-0.39, 0.29) is 24.2 Å². The summed E-state index contributed by atoms with van der Waals surface area (Å²) in [7, 11) is 1.55. The zero-order chi connectivity index (χ0) is 17.6. The second-order valence-electron chi connectivity index (χ2n) is 5.66. The van der Waals surface area contributed by atoms with Crippen molar-refractivity contribution in [3.8, 4) is 0 Å². The molecule has 0 aliphatic carbocycles. The first kappa shape index (κ1) is 16.5. The second-order valence-corrected chi connectivity index (χ2v) is 5.66. The Kier molecular flexibility index (Phi) is 3.84. The molecule has 0 bridgehead atoms. The van der Waals surface area contributed by atoms with Gasteiger partial charge in [-0.3, -0.25) is 14.7 Å². The van der Waals surface area contributed by atoms with Crippen LogP contribution >= 0.6 is 0 Å². The molecule has 3 rings (SSSR count). The summed E-state index contributed by atoms with van der Waals surface area (Å²) in [6.45, 7) is 0. The highest BCUT2D eigenvalue weighted by atomic mass is 19.4. The molecule has 24 heavy (non-hydrogen) atoms. The lowest BCUT2D eigenvalue weighted by molar-refractivity contribution is -0.138. The summed E-state index contributed by atoms with van der Waals surface area (Å²) in [5, 5.41) is 14.2. The molecule has 128 valence electrons. The molecule has 1 aliphatic heterocycles. The minimum atomic E-state index is -4.47. The zero-order valence-corrected chi connectivity index (χ0v) is 12.7. The summed E-state index contributed by atoms with van der Waals surface area (Å²) in [5.41, 5.74) is 6.00. The smallest absolute Gasteiger partial charge is 0.320 e. The van der Waals surface area contributed by atoms with E-state index in [0.29, 0.717) is 16.3 Å². The van der Waals surface area contributed by atoms with E-state index in [9.17, 15) is 23.2 Å². The van der Waals surface area contributed by atoms with Crippen LogP contribution in [0.1, 0.15) is 22.4 Å². The number of nitrogens with zero attached hydrogens (tertiary/aromatic N) is 3. The molecule has 0 radical (unpaired) electrons. The number of benzene rings is 1. The molecule has 2 aromatic rings.